The van der Waals surface area contributed by atoms with Gasteiger partial charge in [-0.3, -0.25) is 4.90 Å². The molecule has 1 atom stereocenters. The number of hydrogen-bond acceptors (Lipinski definition) is 2. The van der Waals surface area contributed by atoms with E-state index in [0.29, 0.717) is 6.04 Å². The van der Waals surface area contributed by atoms with Gasteiger partial charge >= 0.3 is 0 Å². The van der Waals surface area contributed by atoms with Crippen molar-refractivity contribution in [2.24, 2.45) is 0 Å². The Hall–Kier alpha value is -1.64. The molecule has 1 unspecified atom stereocenters. The number of benzene rings is 2. The van der Waals surface area contributed by atoms with Gasteiger partial charge in [0.2, 0.25) is 0 Å². The minimum Gasteiger partial charge on any atom is -0.379 e. The summed E-state index contributed by atoms with van der Waals surface area (Å²) < 4.78 is 5.57. The van der Waals surface area contributed by atoms with Crippen LogP contribution in [0.3, 0.4) is 0 Å². The molecule has 0 saturated carbocycles. The van der Waals surface area contributed by atoms with Gasteiger partial charge in [-0.1, -0.05) is 42.5 Å². The highest BCUT2D eigenvalue weighted by Crippen LogP contribution is 2.35. The molecule has 116 valence electrons. The van der Waals surface area contributed by atoms with E-state index in [2.05, 4.69) is 68.1 Å². The lowest BCUT2D eigenvalue weighted by Crippen LogP contribution is -2.40. The first-order chi connectivity index (χ1) is 10.7. The third-order valence-electron chi connectivity index (χ3n) is 4.71. The summed E-state index contributed by atoms with van der Waals surface area (Å²) >= 11 is 0. The lowest BCUT2D eigenvalue weighted by Gasteiger charge is -2.37. The smallest absolute Gasteiger partial charge is 0.0611 e. The van der Waals surface area contributed by atoms with Crippen LogP contribution in [-0.4, -0.2) is 31.2 Å². The second-order valence-electron chi connectivity index (χ2n) is 6.21. The van der Waals surface area contributed by atoms with Gasteiger partial charge in [0.1, 0.15) is 0 Å². The average Bonchev–Trinajstić information content (AvgIpc) is 2.53. The van der Waals surface area contributed by atoms with Crippen molar-refractivity contribution in [3.63, 3.8) is 0 Å². The van der Waals surface area contributed by atoms with Crippen LogP contribution in [0.25, 0.3) is 0 Å². The van der Waals surface area contributed by atoms with Crippen molar-refractivity contribution in [1.82, 2.24) is 4.90 Å². The predicted octanol–water partition coefficient (Wildman–Crippen LogP) is 4.03. The highest BCUT2D eigenvalue weighted by Gasteiger charge is 2.27. The van der Waals surface area contributed by atoms with Crippen LogP contribution < -0.4 is 0 Å². The molecule has 2 aromatic rings. The Balaban J connectivity index is 2.12. The second-order valence-corrected chi connectivity index (χ2v) is 6.21. The fourth-order valence-electron chi connectivity index (χ4n) is 3.52. The molecule has 1 fully saturated rings. The van der Waals surface area contributed by atoms with Crippen molar-refractivity contribution in [1.29, 1.82) is 0 Å². The van der Waals surface area contributed by atoms with Crippen LogP contribution in [-0.2, 0) is 4.74 Å². The topological polar surface area (TPSA) is 12.5 Å². The van der Waals surface area contributed by atoms with Crippen LogP contribution in [0, 0.1) is 20.8 Å². The zero-order valence-corrected chi connectivity index (χ0v) is 13.8. The van der Waals surface area contributed by atoms with E-state index < -0.39 is 0 Å². The van der Waals surface area contributed by atoms with Crippen LogP contribution in [0.2, 0.25) is 0 Å². The van der Waals surface area contributed by atoms with Gasteiger partial charge in [-0.2, -0.15) is 0 Å². The average molecular weight is 295 g/mol. The van der Waals surface area contributed by atoms with E-state index in [0.717, 1.165) is 26.3 Å². The van der Waals surface area contributed by atoms with Crippen molar-refractivity contribution < 1.29 is 4.74 Å². The fourth-order valence-corrected chi connectivity index (χ4v) is 3.52. The summed E-state index contributed by atoms with van der Waals surface area (Å²) in [5.41, 5.74) is 6.99. The van der Waals surface area contributed by atoms with Crippen LogP contribution in [0.5, 0.6) is 0 Å². The molecule has 0 bridgehead atoms. The summed E-state index contributed by atoms with van der Waals surface area (Å²) in [5, 5.41) is 0. The van der Waals surface area contributed by atoms with Crippen LogP contribution >= 0.6 is 0 Å². The number of hydrogen-bond donors (Lipinski definition) is 0. The zero-order chi connectivity index (χ0) is 15.5. The van der Waals surface area contributed by atoms with Gasteiger partial charge in [-0.25, -0.2) is 0 Å². The zero-order valence-electron chi connectivity index (χ0n) is 13.8. The Bertz CT molecular complexity index is 624. The molecule has 1 heterocycles. The summed E-state index contributed by atoms with van der Waals surface area (Å²) in [4.78, 5) is 2.57. The maximum atomic E-state index is 5.57. The van der Waals surface area contributed by atoms with Gasteiger partial charge in [-0.15, -0.1) is 0 Å². The van der Waals surface area contributed by atoms with E-state index in [1.807, 2.05) is 0 Å². The number of morpholine rings is 1. The van der Waals surface area contributed by atoms with Crippen LogP contribution in [0.1, 0.15) is 33.9 Å². The van der Waals surface area contributed by atoms with Gasteiger partial charge in [0.15, 0.2) is 0 Å². The maximum absolute atomic E-state index is 5.57. The molecular weight excluding hydrogens is 270 g/mol. The van der Waals surface area contributed by atoms with Gasteiger partial charge in [-0.05, 0) is 48.6 Å². The van der Waals surface area contributed by atoms with Crippen LogP contribution in [0.4, 0.5) is 0 Å². The van der Waals surface area contributed by atoms with Gasteiger partial charge in [0.05, 0.1) is 19.3 Å². The van der Waals surface area contributed by atoms with E-state index in [1.165, 1.54) is 27.8 Å². The Labute approximate surface area is 133 Å². The standard InChI is InChI=1S/C20H25NO/c1-15-7-4-5-10-18(15)20(21-11-13-22-14-12-21)19-16(2)8-6-9-17(19)3/h4-10,20H,11-14H2,1-3H3. The lowest BCUT2D eigenvalue weighted by molar-refractivity contribution is 0.0236. The normalized spacial score (nSPS) is 17.4. The van der Waals surface area contributed by atoms with Gasteiger partial charge < -0.3 is 4.74 Å². The second kappa shape index (κ2) is 6.64. The summed E-state index contributed by atoms with van der Waals surface area (Å²) in [5.74, 6) is 0. The molecular formula is C20H25NO. The number of rotatable bonds is 3. The third kappa shape index (κ3) is 2.94. The van der Waals surface area contributed by atoms with Gasteiger partial charge in [0, 0.05) is 13.1 Å². The van der Waals surface area contributed by atoms with E-state index in [-0.39, 0.29) is 0 Å². The molecule has 2 nitrogen and oxygen atoms in total. The van der Waals surface area contributed by atoms with Crippen molar-refractivity contribution >= 4 is 0 Å². The Kier molecular flexibility index (Phi) is 4.60. The quantitative estimate of drug-likeness (QED) is 0.847. The molecule has 1 saturated heterocycles. The molecule has 1 aliphatic rings. The van der Waals surface area contributed by atoms with Crippen molar-refractivity contribution in [3.05, 3.63) is 70.3 Å². The molecule has 0 N–H and O–H groups in total. The molecule has 3 rings (SSSR count). The maximum Gasteiger partial charge on any atom is 0.0611 e. The van der Waals surface area contributed by atoms with Crippen LogP contribution in [0.15, 0.2) is 42.5 Å². The highest BCUT2D eigenvalue weighted by molar-refractivity contribution is 5.44. The first kappa shape index (κ1) is 15.3. The van der Waals surface area contributed by atoms with Crippen molar-refractivity contribution in [2.75, 3.05) is 26.3 Å². The molecule has 1 aliphatic heterocycles. The number of ether oxygens (including phenoxy) is 1. The lowest BCUT2D eigenvalue weighted by atomic mass is 9.88. The number of aryl methyl sites for hydroxylation is 3. The molecule has 0 amide bonds. The number of nitrogens with zero attached hydrogens (tertiary/aromatic N) is 1. The monoisotopic (exact) mass is 295 g/mol. The minimum atomic E-state index is 0.325. The largest absolute Gasteiger partial charge is 0.379 e. The Morgan fingerprint density at radius 3 is 2.05 bits per heavy atom. The molecule has 0 aromatic heterocycles. The molecule has 2 heteroatoms. The SMILES string of the molecule is Cc1ccccc1C(c1c(C)cccc1C)N1CCOCC1. The first-order valence-corrected chi connectivity index (χ1v) is 8.12. The predicted molar refractivity (Wildman–Crippen MR) is 91.3 cm³/mol. The van der Waals surface area contributed by atoms with E-state index in [9.17, 15) is 0 Å². The summed E-state index contributed by atoms with van der Waals surface area (Å²) in [6.45, 7) is 10.3. The Morgan fingerprint density at radius 1 is 0.818 bits per heavy atom. The molecule has 0 spiro atoms. The van der Waals surface area contributed by atoms with Gasteiger partial charge in [0.25, 0.3) is 0 Å². The third-order valence-corrected chi connectivity index (χ3v) is 4.71. The van der Waals surface area contributed by atoms with E-state index >= 15 is 0 Å². The molecule has 2 aromatic carbocycles. The fraction of sp³-hybridized carbons (Fsp3) is 0.400. The summed E-state index contributed by atoms with van der Waals surface area (Å²) in [6.07, 6.45) is 0. The highest BCUT2D eigenvalue weighted by atomic mass is 16.5. The van der Waals surface area contributed by atoms with E-state index in [1.54, 1.807) is 0 Å². The summed E-state index contributed by atoms with van der Waals surface area (Å²) in [7, 11) is 0. The molecule has 0 radical (unpaired) electrons. The van der Waals surface area contributed by atoms with E-state index in [4.69, 9.17) is 4.74 Å². The first-order valence-electron chi connectivity index (χ1n) is 8.12. The van der Waals surface area contributed by atoms with Crippen molar-refractivity contribution in [3.8, 4) is 0 Å². The Morgan fingerprint density at radius 2 is 1.41 bits per heavy atom. The molecule has 22 heavy (non-hydrogen) atoms. The van der Waals surface area contributed by atoms with Crippen molar-refractivity contribution in [2.45, 2.75) is 26.8 Å². The molecule has 0 aliphatic carbocycles. The minimum absolute atomic E-state index is 0.325. The summed E-state index contributed by atoms with van der Waals surface area (Å²) in [6, 6.07) is 15.7.